The minimum atomic E-state index is -0.240. The minimum absolute atomic E-state index is 0.240. The molecule has 1 aliphatic heterocycles. The summed E-state index contributed by atoms with van der Waals surface area (Å²) >= 11 is 0. The second kappa shape index (κ2) is 7.17. The van der Waals surface area contributed by atoms with Gasteiger partial charge in [-0.05, 0) is 80.0 Å². The highest BCUT2D eigenvalue weighted by atomic mass is 16.7. The van der Waals surface area contributed by atoms with Crippen molar-refractivity contribution in [1.82, 2.24) is 0 Å². The summed E-state index contributed by atoms with van der Waals surface area (Å²) in [5, 5.41) is 0. The molecule has 1 heterocycles. The summed E-state index contributed by atoms with van der Waals surface area (Å²) in [7, 11) is 0. The van der Waals surface area contributed by atoms with Gasteiger partial charge in [0.1, 0.15) is 0 Å². The van der Waals surface area contributed by atoms with Crippen molar-refractivity contribution in [3.05, 3.63) is 12.2 Å². The molecule has 3 saturated carbocycles. The topological polar surface area (TPSA) is 18.5 Å². The van der Waals surface area contributed by atoms with Gasteiger partial charge in [-0.2, -0.15) is 0 Å². The molecular formula is C25H42O2. The fourth-order valence-electron chi connectivity index (χ4n) is 8.08. The van der Waals surface area contributed by atoms with E-state index < -0.39 is 0 Å². The molecule has 7 atom stereocenters. The van der Waals surface area contributed by atoms with Crippen LogP contribution in [0.4, 0.5) is 0 Å². The van der Waals surface area contributed by atoms with Gasteiger partial charge in [0.2, 0.25) is 0 Å². The Morgan fingerprint density at radius 2 is 1.63 bits per heavy atom. The lowest BCUT2D eigenvalue weighted by molar-refractivity contribution is -0.244. The predicted octanol–water partition coefficient (Wildman–Crippen LogP) is 6.60. The Bertz CT molecular complexity index is 563. The summed E-state index contributed by atoms with van der Waals surface area (Å²) in [6.07, 6.45) is 16.0. The minimum Gasteiger partial charge on any atom is -0.347 e. The molecule has 0 aromatic heterocycles. The first-order valence-corrected chi connectivity index (χ1v) is 12.0. The van der Waals surface area contributed by atoms with Gasteiger partial charge in [0.15, 0.2) is 5.79 Å². The molecule has 27 heavy (non-hydrogen) atoms. The van der Waals surface area contributed by atoms with Crippen LogP contribution in [-0.4, -0.2) is 19.0 Å². The van der Waals surface area contributed by atoms with E-state index in [1.54, 1.807) is 0 Å². The zero-order valence-electron chi connectivity index (χ0n) is 18.4. The average molecular weight is 375 g/mol. The first kappa shape index (κ1) is 20.0. The van der Waals surface area contributed by atoms with Crippen LogP contribution >= 0.6 is 0 Å². The van der Waals surface area contributed by atoms with Crippen LogP contribution in [0.1, 0.15) is 86.0 Å². The first-order chi connectivity index (χ1) is 13.0. The van der Waals surface area contributed by atoms with Crippen LogP contribution in [0.2, 0.25) is 0 Å². The third kappa shape index (κ3) is 2.72. The molecule has 5 rings (SSSR count). The molecule has 0 aromatic carbocycles. The van der Waals surface area contributed by atoms with Crippen LogP contribution in [-0.2, 0) is 9.47 Å². The molecule has 1 spiro atoms. The largest absolute Gasteiger partial charge is 0.347 e. The highest BCUT2D eigenvalue weighted by Crippen LogP contribution is 2.69. The van der Waals surface area contributed by atoms with E-state index in [4.69, 9.17) is 9.47 Å². The molecule has 1 saturated heterocycles. The Kier molecular flexibility index (Phi) is 5.30. The predicted molar refractivity (Wildman–Crippen MR) is 111 cm³/mol. The Morgan fingerprint density at radius 3 is 2.33 bits per heavy atom. The molecule has 5 aliphatic rings. The fourth-order valence-corrected chi connectivity index (χ4v) is 8.08. The van der Waals surface area contributed by atoms with E-state index in [0.717, 1.165) is 49.2 Å². The van der Waals surface area contributed by atoms with Gasteiger partial charge in [0, 0.05) is 11.8 Å². The van der Waals surface area contributed by atoms with Gasteiger partial charge in [-0.15, -0.1) is 0 Å². The molecule has 2 nitrogen and oxygen atoms in total. The SMILES string of the molecule is CC.CCC1C=CC2(C)C(CCC3C2CCC2(C)C3CCC23OCCO3)C1. The summed E-state index contributed by atoms with van der Waals surface area (Å²) in [5.74, 6) is 4.08. The van der Waals surface area contributed by atoms with Crippen molar-refractivity contribution < 1.29 is 9.47 Å². The van der Waals surface area contributed by atoms with Gasteiger partial charge in [0.25, 0.3) is 0 Å². The number of fused-ring (bicyclic) bond motifs is 6. The molecule has 4 fully saturated rings. The van der Waals surface area contributed by atoms with E-state index in [2.05, 4.69) is 32.9 Å². The van der Waals surface area contributed by atoms with Gasteiger partial charge in [-0.25, -0.2) is 0 Å². The van der Waals surface area contributed by atoms with Crippen LogP contribution < -0.4 is 0 Å². The Morgan fingerprint density at radius 1 is 0.926 bits per heavy atom. The van der Waals surface area contributed by atoms with Crippen molar-refractivity contribution >= 4 is 0 Å². The van der Waals surface area contributed by atoms with E-state index in [1.165, 1.54) is 44.9 Å². The highest BCUT2D eigenvalue weighted by molar-refractivity contribution is 5.18. The lowest BCUT2D eigenvalue weighted by Crippen LogP contribution is -2.56. The zero-order valence-corrected chi connectivity index (χ0v) is 18.4. The second-order valence-corrected chi connectivity index (χ2v) is 10.2. The molecule has 4 aliphatic carbocycles. The fraction of sp³-hybridized carbons (Fsp3) is 0.920. The highest BCUT2D eigenvalue weighted by Gasteiger charge is 2.66. The molecule has 154 valence electrons. The van der Waals surface area contributed by atoms with Crippen molar-refractivity contribution in [3.63, 3.8) is 0 Å². The van der Waals surface area contributed by atoms with Crippen molar-refractivity contribution in [1.29, 1.82) is 0 Å². The van der Waals surface area contributed by atoms with Crippen LogP contribution in [0.3, 0.4) is 0 Å². The molecule has 0 aromatic rings. The van der Waals surface area contributed by atoms with E-state index >= 15 is 0 Å². The number of ether oxygens (including phenoxy) is 2. The van der Waals surface area contributed by atoms with Crippen molar-refractivity contribution in [2.45, 2.75) is 91.8 Å². The van der Waals surface area contributed by atoms with Gasteiger partial charge >= 0.3 is 0 Å². The molecule has 0 N–H and O–H groups in total. The standard InChI is InChI=1S/C23H36O2.C2H6/c1-4-16-7-10-21(2)17(15-16)5-6-18-19(21)8-11-22(3)20(18)9-12-23(22)24-13-14-25-23;1-2/h7,10,16-20H,4-6,8-9,11-15H2,1-3H3;1-2H3. The van der Waals surface area contributed by atoms with Crippen LogP contribution in [0.25, 0.3) is 0 Å². The van der Waals surface area contributed by atoms with Gasteiger partial charge < -0.3 is 9.47 Å². The summed E-state index contributed by atoms with van der Waals surface area (Å²) in [5.41, 5.74) is 0.696. The smallest absolute Gasteiger partial charge is 0.174 e. The van der Waals surface area contributed by atoms with E-state index in [1.807, 2.05) is 13.8 Å². The lowest BCUT2D eigenvalue weighted by Gasteiger charge is -2.60. The van der Waals surface area contributed by atoms with Gasteiger partial charge in [0.05, 0.1) is 13.2 Å². The number of hydrogen-bond acceptors (Lipinski definition) is 2. The van der Waals surface area contributed by atoms with Crippen molar-refractivity contribution in [2.24, 2.45) is 40.4 Å². The van der Waals surface area contributed by atoms with E-state index in [0.29, 0.717) is 5.41 Å². The number of rotatable bonds is 1. The van der Waals surface area contributed by atoms with Gasteiger partial charge in [-0.3, -0.25) is 0 Å². The van der Waals surface area contributed by atoms with Gasteiger partial charge in [-0.1, -0.05) is 46.8 Å². The average Bonchev–Trinajstić information content (AvgIpc) is 3.29. The van der Waals surface area contributed by atoms with E-state index in [9.17, 15) is 0 Å². The maximum absolute atomic E-state index is 6.28. The molecule has 2 heteroatoms. The number of allylic oxidation sites excluding steroid dienone is 2. The summed E-state index contributed by atoms with van der Waals surface area (Å²) in [4.78, 5) is 0. The van der Waals surface area contributed by atoms with Crippen LogP contribution in [0.5, 0.6) is 0 Å². The zero-order chi connectivity index (χ0) is 19.3. The first-order valence-electron chi connectivity index (χ1n) is 12.0. The Labute approximate surface area is 167 Å². The molecular weight excluding hydrogens is 332 g/mol. The summed E-state index contributed by atoms with van der Waals surface area (Å²) in [6.45, 7) is 13.1. The maximum Gasteiger partial charge on any atom is 0.174 e. The van der Waals surface area contributed by atoms with Crippen LogP contribution in [0.15, 0.2) is 12.2 Å². The lowest BCUT2D eigenvalue weighted by atomic mass is 9.45. The molecule has 0 amide bonds. The molecule has 0 bridgehead atoms. The Balaban J connectivity index is 0.000000872. The van der Waals surface area contributed by atoms with E-state index in [-0.39, 0.29) is 11.2 Å². The quantitative estimate of drug-likeness (QED) is 0.481. The molecule has 0 radical (unpaired) electrons. The van der Waals surface area contributed by atoms with Crippen molar-refractivity contribution in [3.8, 4) is 0 Å². The third-order valence-electron chi connectivity index (χ3n) is 9.60. The Hall–Kier alpha value is -0.340. The second-order valence-electron chi connectivity index (χ2n) is 10.2. The van der Waals surface area contributed by atoms with Crippen molar-refractivity contribution in [2.75, 3.05) is 13.2 Å². The normalized spacial score (nSPS) is 49.7. The molecule has 7 unspecified atom stereocenters. The number of hydrogen-bond donors (Lipinski definition) is 0. The third-order valence-corrected chi connectivity index (χ3v) is 9.60. The summed E-state index contributed by atoms with van der Waals surface area (Å²) in [6, 6.07) is 0. The van der Waals surface area contributed by atoms with Crippen LogP contribution in [0, 0.1) is 40.4 Å². The maximum atomic E-state index is 6.28. The monoisotopic (exact) mass is 374 g/mol. The summed E-state index contributed by atoms with van der Waals surface area (Å²) < 4.78 is 12.6.